The van der Waals surface area contributed by atoms with Crippen LogP contribution in [0.3, 0.4) is 0 Å². The molecule has 2 heterocycles. The third kappa shape index (κ3) is 3.12. The number of thiophene rings is 1. The van der Waals surface area contributed by atoms with Gasteiger partial charge in [-0.15, -0.1) is 11.3 Å². The highest BCUT2D eigenvalue weighted by Gasteiger charge is 2.44. The van der Waals surface area contributed by atoms with E-state index in [4.69, 9.17) is 0 Å². The minimum Gasteiger partial charge on any atom is -0.354 e. The Kier molecular flexibility index (Phi) is 3.96. The molecule has 0 atom stereocenters. The number of hydrogen-bond donors (Lipinski definition) is 1. The second-order valence-corrected chi connectivity index (χ2v) is 7.13. The minimum absolute atomic E-state index is 0.0382. The predicted molar refractivity (Wildman–Crippen MR) is 93.9 cm³/mol. The van der Waals surface area contributed by atoms with E-state index in [0.717, 1.165) is 17.5 Å². The smallest absolute Gasteiger partial charge is 0.354 e. The zero-order chi connectivity index (χ0) is 17.3. The number of aromatic nitrogens is 4. The van der Waals surface area contributed by atoms with Gasteiger partial charge in [-0.2, -0.15) is 9.36 Å². The molecule has 0 unspecified atom stereocenters. The van der Waals surface area contributed by atoms with Gasteiger partial charge in [0.1, 0.15) is 11.5 Å². The molecule has 8 heteroatoms. The van der Waals surface area contributed by atoms with E-state index in [1.807, 2.05) is 29.6 Å². The van der Waals surface area contributed by atoms with Crippen LogP contribution in [-0.4, -0.2) is 32.2 Å². The standard InChI is InChI=1S/C17H17N5O2S/c23-14(18-12-17(8-9-17)13-5-2-1-3-6-13)11-21-16(24)22(20-19-21)15-7-4-10-25-15/h1-7,10H,8-9,11-12H2,(H,18,23). The van der Waals surface area contributed by atoms with Gasteiger partial charge in [0, 0.05) is 12.0 Å². The van der Waals surface area contributed by atoms with E-state index in [9.17, 15) is 9.59 Å². The van der Waals surface area contributed by atoms with Crippen LogP contribution in [0.25, 0.3) is 5.00 Å². The van der Waals surface area contributed by atoms with Gasteiger partial charge >= 0.3 is 5.69 Å². The molecule has 3 aromatic rings. The molecule has 7 nitrogen and oxygen atoms in total. The number of hydrogen-bond acceptors (Lipinski definition) is 5. The largest absolute Gasteiger partial charge is 0.369 e. The lowest BCUT2D eigenvalue weighted by Crippen LogP contribution is -2.37. The van der Waals surface area contributed by atoms with Crippen molar-refractivity contribution in [1.82, 2.24) is 25.1 Å². The van der Waals surface area contributed by atoms with E-state index in [0.29, 0.717) is 11.5 Å². The van der Waals surface area contributed by atoms with Gasteiger partial charge in [0.2, 0.25) is 5.91 Å². The Morgan fingerprint density at radius 1 is 1.16 bits per heavy atom. The first-order valence-electron chi connectivity index (χ1n) is 8.07. The molecule has 0 spiro atoms. The van der Waals surface area contributed by atoms with Crippen LogP contribution in [0.2, 0.25) is 0 Å². The van der Waals surface area contributed by atoms with Crippen LogP contribution in [0.15, 0.2) is 52.6 Å². The number of nitrogens with one attached hydrogen (secondary N) is 1. The average Bonchev–Trinajstić information content (AvgIpc) is 3.07. The molecule has 1 aliphatic rings. The average molecular weight is 355 g/mol. The van der Waals surface area contributed by atoms with Crippen LogP contribution in [0, 0.1) is 0 Å². The van der Waals surface area contributed by atoms with Crippen LogP contribution in [-0.2, 0) is 16.8 Å². The van der Waals surface area contributed by atoms with Gasteiger partial charge in [0.05, 0.1) is 0 Å². The molecule has 1 amide bonds. The molecule has 1 N–H and O–H groups in total. The number of amides is 1. The number of nitrogens with zero attached hydrogens (tertiary/aromatic N) is 4. The van der Waals surface area contributed by atoms with Crippen molar-refractivity contribution in [3.05, 3.63) is 63.9 Å². The van der Waals surface area contributed by atoms with Gasteiger partial charge < -0.3 is 5.32 Å². The van der Waals surface area contributed by atoms with Crippen LogP contribution in [0.4, 0.5) is 0 Å². The van der Waals surface area contributed by atoms with Crippen LogP contribution < -0.4 is 11.0 Å². The number of carbonyl (C=O) groups excluding carboxylic acids is 1. The topological polar surface area (TPSA) is 81.8 Å². The lowest BCUT2D eigenvalue weighted by Gasteiger charge is -2.16. The molecule has 4 rings (SSSR count). The Morgan fingerprint density at radius 2 is 1.96 bits per heavy atom. The number of tetrazole rings is 1. The Labute approximate surface area is 147 Å². The van der Waals surface area contributed by atoms with Crippen molar-refractivity contribution in [2.24, 2.45) is 0 Å². The highest BCUT2D eigenvalue weighted by atomic mass is 32.1. The summed E-state index contributed by atoms with van der Waals surface area (Å²) in [7, 11) is 0. The van der Waals surface area contributed by atoms with E-state index in [-0.39, 0.29) is 17.9 Å². The maximum atomic E-state index is 12.3. The highest BCUT2D eigenvalue weighted by molar-refractivity contribution is 7.12. The number of benzene rings is 1. The van der Waals surface area contributed by atoms with Gasteiger partial charge in [-0.3, -0.25) is 4.79 Å². The Hall–Kier alpha value is -2.74. The van der Waals surface area contributed by atoms with E-state index in [2.05, 4.69) is 27.9 Å². The zero-order valence-electron chi connectivity index (χ0n) is 13.5. The van der Waals surface area contributed by atoms with Crippen molar-refractivity contribution in [3.8, 4) is 5.00 Å². The molecule has 1 fully saturated rings. The molecule has 2 aromatic heterocycles. The summed E-state index contributed by atoms with van der Waals surface area (Å²) >= 11 is 1.39. The molecule has 128 valence electrons. The first kappa shape index (κ1) is 15.8. The second kappa shape index (κ2) is 6.29. The zero-order valence-corrected chi connectivity index (χ0v) is 14.3. The van der Waals surface area contributed by atoms with Crippen LogP contribution in [0.5, 0.6) is 0 Å². The lowest BCUT2D eigenvalue weighted by atomic mass is 9.96. The maximum absolute atomic E-state index is 12.3. The maximum Gasteiger partial charge on any atom is 0.369 e. The van der Waals surface area contributed by atoms with E-state index in [1.54, 1.807) is 6.07 Å². The summed E-state index contributed by atoms with van der Waals surface area (Å²) in [5.74, 6) is -0.234. The Bertz CT molecular complexity index is 926. The molecular weight excluding hydrogens is 338 g/mol. The normalized spacial score (nSPS) is 15.0. The fourth-order valence-electron chi connectivity index (χ4n) is 2.87. The monoisotopic (exact) mass is 355 g/mol. The Balaban J connectivity index is 1.40. The van der Waals surface area contributed by atoms with Crippen molar-refractivity contribution in [1.29, 1.82) is 0 Å². The van der Waals surface area contributed by atoms with E-state index in [1.165, 1.54) is 21.6 Å². The molecule has 1 saturated carbocycles. The highest BCUT2D eigenvalue weighted by Crippen LogP contribution is 2.47. The van der Waals surface area contributed by atoms with Gasteiger partial charge in [-0.25, -0.2) is 4.79 Å². The van der Waals surface area contributed by atoms with E-state index >= 15 is 0 Å². The molecule has 25 heavy (non-hydrogen) atoms. The number of rotatable bonds is 6. The summed E-state index contributed by atoms with van der Waals surface area (Å²) in [6.07, 6.45) is 2.12. The van der Waals surface area contributed by atoms with E-state index < -0.39 is 5.69 Å². The second-order valence-electron chi connectivity index (χ2n) is 6.21. The summed E-state index contributed by atoms with van der Waals surface area (Å²) in [5.41, 5.74) is 0.870. The van der Waals surface area contributed by atoms with Gasteiger partial charge in [-0.1, -0.05) is 30.3 Å². The SMILES string of the molecule is O=C(Cn1nnn(-c2cccs2)c1=O)NCC1(c2ccccc2)CC1. The predicted octanol–water partition coefficient (Wildman–Crippen LogP) is 1.34. The van der Waals surface area contributed by atoms with Gasteiger partial charge in [0.25, 0.3) is 0 Å². The molecule has 1 aromatic carbocycles. The lowest BCUT2D eigenvalue weighted by molar-refractivity contribution is -0.122. The first-order valence-corrected chi connectivity index (χ1v) is 8.95. The van der Waals surface area contributed by atoms with Crippen molar-refractivity contribution in [3.63, 3.8) is 0 Å². The molecule has 0 aliphatic heterocycles. The third-order valence-electron chi connectivity index (χ3n) is 4.51. The molecular formula is C17H17N5O2S. The molecule has 1 aliphatic carbocycles. The molecule has 0 bridgehead atoms. The van der Waals surface area contributed by atoms with Crippen molar-refractivity contribution in [2.45, 2.75) is 24.8 Å². The van der Waals surface area contributed by atoms with Crippen molar-refractivity contribution < 1.29 is 4.79 Å². The summed E-state index contributed by atoms with van der Waals surface area (Å²) in [4.78, 5) is 24.5. The fourth-order valence-corrected chi connectivity index (χ4v) is 3.54. The van der Waals surface area contributed by atoms with Gasteiger partial charge in [0.15, 0.2) is 0 Å². The van der Waals surface area contributed by atoms with Crippen molar-refractivity contribution in [2.75, 3.05) is 6.54 Å². The Morgan fingerprint density at radius 3 is 2.64 bits per heavy atom. The van der Waals surface area contributed by atoms with Gasteiger partial charge in [-0.05, 0) is 46.3 Å². The first-order chi connectivity index (χ1) is 12.2. The quantitative estimate of drug-likeness (QED) is 0.723. The molecule has 0 radical (unpaired) electrons. The van der Waals surface area contributed by atoms with Crippen LogP contribution >= 0.6 is 11.3 Å². The van der Waals surface area contributed by atoms with Crippen LogP contribution in [0.1, 0.15) is 18.4 Å². The summed E-state index contributed by atoms with van der Waals surface area (Å²) in [6.45, 7) is 0.443. The third-order valence-corrected chi connectivity index (χ3v) is 5.36. The minimum atomic E-state index is -0.415. The summed E-state index contributed by atoms with van der Waals surface area (Å²) in [5, 5.41) is 13.1. The van der Waals surface area contributed by atoms with Crippen molar-refractivity contribution >= 4 is 17.2 Å². The summed E-state index contributed by atoms with van der Waals surface area (Å²) in [6, 6.07) is 13.8. The number of carbonyl (C=O) groups is 1. The summed E-state index contributed by atoms with van der Waals surface area (Å²) < 4.78 is 2.28. The molecule has 0 saturated heterocycles. The fraction of sp³-hybridized carbons (Fsp3) is 0.294.